The number of nitrogens with two attached hydrogens (primary N) is 1. The van der Waals surface area contributed by atoms with Crippen molar-refractivity contribution in [3.8, 4) is 22.6 Å². The molecule has 0 spiro atoms. The van der Waals surface area contributed by atoms with Crippen LogP contribution in [0.5, 0.6) is 0 Å². The van der Waals surface area contributed by atoms with Crippen LogP contribution < -0.4 is 10.5 Å². The van der Waals surface area contributed by atoms with Crippen LogP contribution in [0.3, 0.4) is 0 Å². The molecule has 0 unspecified atom stereocenters. The fourth-order valence-corrected chi connectivity index (χ4v) is 3.86. The first-order chi connectivity index (χ1) is 16.4. The molecule has 0 atom stereocenters. The van der Waals surface area contributed by atoms with E-state index in [4.69, 9.17) is 5.14 Å². The van der Waals surface area contributed by atoms with Crippen molar-refractivity contribution < 1.29 is 13.2 Å². The Hall–Kier alpha value is -4.48. The number of rotatable bonds is 5. The minimum atomic E-state index is -3.81. The van der Waals surface area contributed by atoms with Gasteiger partial charge in [-0.05, 0) is 60.7 Å². The molecule has 3 aromatic heterocycles. The number of hydrogen-bond donors (Lipinski definition) is 2. The van der Waals surface area contributed by atoms with Crippen LogP contribution in [0.4, 0.5) is 5.69 Å². The van der Waals surface area contributed by atoms with Crippen LogP contribution in [0, 0.1) is 0 Å². The van der Waals surface area contributed by atoms with Crippen LogP contribution in [0.25, 0.3) is 28.3 Å². The third-order valence-electron chi connectivity index (χ3n) is 5.07. The van der Waals surface area contributed by atoms with E-state index in [0.717, 1.165) is 11.1 Å². The molecular formula is C23H17N7O3S. The second-order valence-electron chi connectivity index (χ2n) is 7.35. The fourth-order valence-electron chi connectivity index (χ4n) is 3.34. The second kappa shape index (κ2) is 8.46. The lowest BCUT2D eigenvalue weighted by atomic mass is 10.1. The highest BCUT2D eigenvalue weighted by atomic mass is 32.2. The number of nitrogens with one attached hydrogen (secondary N) is 1. The van der Waals surface area contributed by atoms with E-state index in [9.17, 15) is 13.2 Å². The highest BCUT2D eigenvalue weighted by Gasteiger charge is 2.12. The number of primary sulfonamides is 1. The molecule has 0 radical (unpaired) electrons. The summed E-state index contributed by atoms with van der Waals surface area (Å²) in [6.45, 7) is 0. The Balaban J connectivity index is 1.36. The molecule has 0 saturated carbocycles. The zero-order valence-corrected chi connectivity index (χ0v) is 18.3. The predicted octanol–water partition coefficient (Wildman–Crippen LogP) is 2.75. The summed E-state index contributed by atoms with van der Waals surface area (Å²) in [6.07, 6.45) is 3.39. The number of carbonyl (C=O) groups excluding carboxylic acids is 1. The number of sulfonamides is 1. The summed E-state index contributed by atoms with van der Waals surface area (Å²) >= 11 is 0. The lowest BCUT2D eigenvalue weighted by molar-refractivity contribution is 0.102. The normalized spacial score (nSPS) is 11.4. The average molecular weight is 472 g/mol. The predicted molar refractivity (Wildman–Crippen MR) is 125 cm³/mol. The van der Waals surface area contributed by atoms with E-state index in [1.54, 1.807) is 29.0 Å². The van der Waals surface area contributed by atoms with E-state index >= 15 is 0 Å². The summed E-state index contributed by atoms with van der Waals surface area (Å²) in [4.78, 5) is 16.6. The molecule has 34 heavy (non-hydrogen) atoms. The number of carbonyl (C=O) groups is 1. The maximum absolute atomic E-state index is 12.5. The second-order valence-corrected chi connectivity index (χ2v) is 8.92. The number of amides is 1. The van der Waals surface area contributed by atoms with Crippen LogP contribution >= 0.6 is 0 Å². The third-order valence-corrected chi connectivity index (χ3v) is 6.00. The molecule has 0 aliphatic carbocycles. The van der Waals surface area contributed by atoms with Gasteiger partial charge in [0.05, 0.1) is 10.6 Å². The van der Waals surface area contributed by atoms with Gasteiger partial charge >= 0.3 is 0 Å². The van der Waals surface area contributed by atoms with E-state index in [1.807, 2.05) is 36.4 Å². The van der Waals surface area contributed by atoms with Crippen molar-refractivity contribution in [2.75, 3.05) is 5.32 Å². The molecule has 168 valence electrons. The van der Waals surface area contributed by atoms with Crippen molar-refractivity contribution in [1.29, 1.82) is 0 Å². The number of fused-ring (bicyclic) bond motifs is 1. The minimum Gasteiger partial charge on any atom is -0.322 e. The summed E-state index contributed by atoms with van der Waals surface area (Å²) in [5.41, 5.74) is 3.83. The summed E-state index contributed by atoms with van der Waals surface area (Å²) in [5.74, 6) is 0.209. The van der Waals surface area contributed by atoms with Crippen molar-refractivity contribution in [2.45, 2.75) is 4.90 Å². The lowest BCUT2D eigenvalue weighted by Gasteiger charge is -2.08. The number of aromatic nitrogens is 5. The monoisotopic (exact) mass is 471 g/mol. The smallest absolute Gasteiger partial charge is 0.255 e. The molecule has 10 nitrogen and oxygen atoms in total. The summed E-state index contributed by atoms with van der Waals surface area (Å²) in [7, 11) is -3.81. The molecule has 0 aliphatic rings. The molecule has 0 aliphatic heterocycles. The van der Waals surface area contributed by atoms with Crippen LogP contribution in [0.2, 0.25) is 0 Å². The number of anilines is 1. The van der Waals surface area contributed by atoms with E-state index in [-0.39, 0.29) is 10.8 Å². The number of hydrogen-bond acceptors (Lipinski definition) is 7. The Morgan fingerprint density at radius 1 is 0.882 bits per heavy atom. The number of nitrogens with zero attached hydrogens (tertiary/aromatic N) is 5. The Morgan fingerprint density at radius 3 is 2.32 bits per heavy atom. The number of pyridine rings is 1. The van der Waals surface area contributed by atoms with E-state index in [1.165, 1.54) is 24.3 Å². The van der Waals surface area contributed by atoms with Gasteiger partial charge in [-0.25, -0.2) is 13.6 Å². The van der Waals surface area contributed by atoms with Gasteiger partial charge in [0.15, 0.2) is 11.5 Å². The van der Waals surface area contributed by atoms with Crippen molar-refractivity contribution >= 4 is 27.3 Å². The lowest BCUT2D eigenvalue weighted by Crippen LogP contribution is -2.14. The molecule has 0 saturated heterocycles. The summed E-state index contributed by atoms with van der Waals surface area (Å²) < 4.78 is 24.4. The molecule has 1 amide bonds. The number of benzene rings is 2. The van der Waals surface area contributed by atoms with Gasteiger partial charge < -0.3 is 5.32 Å². The standard InChI is InChI=1S/C23H17N7O3S/c24-34(32,33)19-9-5-16(6-10-19)23(31)26-18-7-3-15(4-8-18)20-11-12-21-27-28-22(30(21)29-20)17-2-1-13-25-14-17/h1-14H,(H,26,31)(H2,24,32,33). The van der Waals surface area contributed by atoms with E-state index in [0.29, 0.717) is 28.4 Å². The summed E-state index contributed by atoms with van der Waals surface area (Å²) in [5, 5.41) is 20.9. The fraction of sp³-hybridized carbons (Fsp3) is 0. The van der Waals surface area contributed by atoms with E-state index in [2.05, 4.69) is 25.6 Å². The zero-order valence-electron chi connectivity index (χ0n) is 17.5. The third kappa shape index (κ3) is 4.25. The molecule has 5 rings (SSSR count). The molecule has 3 N–H and O–H groups in total. The van der Waals surface area contributed by atoms with Crippen LogP contribution in [-0.2, 0) is 10.0 Å². The average Bonchev–Trinajstić information content (AvgIpc) is 3.28. The maximum atomic E-state index is 12.5. The van der Waals surface area contributed by atoms with Gasteiger partial charge in [0, 0.05) is 34.8 Å². The van der Waals surface area contributed by atoms with Crippen molar-refractivity contribution in [3.05, 3.63) is 90.8 Å². The molecule has 0 fully saturated rings. The maximum Gasteiger partial charge on any atom is 0.255 e. The SMILES string of the molecule is NS(=O)(=O)c1ccc(C(=O)Nc2ccc(-c3ccc4nnc(-c5cccnc5)n4n3)cc2)cc1. The van der Waals surface area contributed by atoms with Gasteiger partial charge in [-0.15, -0.1) is 10.2 Å². The topological polar surface area (TPSA) is 145 Å². The van der Waals surface area contributed by atoms with Crippen LogP contribution in [0.1, 0.15) is 10.4 Å². The van der Waals surface area contributed by atoms with Gasteiger partial charge in [-0.1, -0.05) is 12.1 Å². The molecule has 0 bridgehead atoms. The molecule has 3 heterocycles. The van der Waals surface area contributed by atoms with Gasteiger partial charge in [-0.3, -0.25) is 9.78 Å². The zero-order chi connectivity index (χ0) is 23.7. The molecule has 5 aromatic rings. The quantitative estimate of drug-likeness (QED) is 0.401. The van der Waals surface area contributed by atoms with Gasteiger partial charge in [-0.2, -0.15) is 9.61 Å². The molecule has 2 aromatic carbocycles. The van der Waals surface area contributed by atoms with Crippen LogP contribution in [-0.4, -0.2) is 39.1 Å². The van der Waals surface area contributed by atoms with Crippen molar-refractivity contribution in [3.63, 3.8) is 0 Å². The largest absolute Gasteiger partial charge is 0.322 e. The Kier molecular flexibility index (Phi) is 5.32. The van der Waals surface area contributed by atoms with Crippen molar-refractivity contribution in [1.82, 2.24) is 24.8 Å². The Bertz CT molecular complexity index is 1600. The van der Waals surface area contributed by atoms with Gasteiger partial charge in [0.1, 0.15) is 0 Å². The Labute approximate surface area is 194 Å². The first-order valence-corrected chi connectivity index (χ1v) is 11.6. The summed E-state index contributed by atoms with van der Waals surface area (Å²) in [6, 6.07) is 20.0. The highest BCUT2D eigenvalue weighted by Crippen LogP contribution is 2.22. The highest BCUT2D eigenvalue weighted by molar-refractivity contribution is 7.89. The van der Waals surface area contributed by atoms with Crippen LogP contribution in [0.15, 0.2) is 90.1 Å². The molecule has 11 heteroatoms. The Morgan fingerprint density at radius 2 is 1.65 bits per heavy atom. The minimum absolute atomic E-state index is 0.0577. The van der Waals surface area contributed by atoms with Crippen molar-refractivity contribution in [2.24, 2.45) is 5.14 Å². The van der Waals surface area contributed by atoms with E-state index < -0.39 is 10.0 Å². The molecular weight excluding hydrogens is 454 g/mol. The van der Waals surface area contributed by atoms with Gasteiger partial charge in [0.2, 0.25) is 10.0 Å². The first kappa shape index (κ1) is 21.4. The van der Waals surface area contributed by atoms with Gasteiger partial charge in [0.25, 0.3) is 5.91 Å². The first-order valence-electron chi connectivity index (χ1n) is 10.1.